The molecule has 156 valence electrons. The smallest absolute Gasteiger partial charge is 0.269 e. The van der Waals surface area contributed by atoms with E-state index >= 15 is 0 Å². The Labute approximate surface area is 183 Å². The Kier molecular flexibility index (Phi) is 4.75. The second kappa shape index (κ2) is 7.59. The van der Waals surface area contributed by atoms with E-state index < -0.39 is 11.2 Å². The van der Waals surface area contributed by atoms with Crippen molar-refractivity contribution in [2.45, 2.75) is 18.7 Å². The van der Waals surface area contributed by atoms with Gasteiger partial charge in [0.2, 0.25) is 6.23 Å². The first-order valence-corrected chi connectivity index (χ1v) is 10.1. The van der Waals surface area contributed by atoms with Crippen LogP contribution in [0.4, 0.5) is 5.69 Å². The molecular formula is C23H18ClN3O4. The molecule has 3 aromatic carbocycles. The van der Waals surface area contributed by atoms with E-state index in [-0.39, 0.29) is 11.7 Å². The van der Waals surface area contributed by atoms with Crippen LogP contribution in [0.2, 0.25) is 5.02 Å². The molecule has 0 aliphatic carbocycles. The molecule has 2 unspecified atom stereocenters. The molecule has 0 saturated carbocycles. The lowest BCUT2D eigenvalue weighted by molar-refractivity contribution is -0.385. The Hall–Kier alpha value is -3.58. The lowest BCUT2D eigenvalue weighted by atomic mass is 9.95. The average molecular weight is 436 g/mol. The van der Waals surface area contributed by atoms with E-state index in [0.717, 1.165) is 16.8 Å². The van der Waals surface area contributed by atoms with E-state index in [2.05, 4.69) is 0 Å². The van der Waals surface area contributed by atoms with Gasteiger partial charge in [0.05, 0.1) is 23.8 Å². The van der Waals surface area contributed by atoms with Gasteiger partial charge < -0.3 is 9.47 Å². The van der Waals surface area contributed by atoms with Crippen molar-refractivity contribution >= 4 is 23.0 Å². The number of halogens is 1. The van der Waals surface area contributed by atoms with Gasteiger partial charge in [-0.1, -0.05) is 48.0 Å². The van der Waals surface area contributed by atoms with Gasteiger partial charge in [0.25, 0.3) is 5.69 Å². The van der Waals surface area contributed by atoms with Crippen LogP contribution in [0.1, 0.15) is 35.4 Å². The lowest BCUT2D eigenvalue weighted by Gasteiger charge is -2.38. The number of hydrazone groups is 1. The number of fused-ring (bicyclic) bond motifs is 3. The zero-order valence-corrected chi connectivity index (χ0v) is 17.3. The van der Waals surface area contributed by atoms with Crippen molar-refractivity contribution in [3.63, 3.8) is 0 Å². The van der Waals surface area contributed by atoms with Crippen molar-refractivity contribution in [3.05, 3.63) is 98.6 Å². The highest BCUT2D eigenvalue weighted by molar-refractivity contribution is 6.30. The summed E-state index contributed by atoms with van der Waals surface area (Å²) >= 11 is 6.04. The topological polar surface area (TPSA) is 77.2 Å². The average Bonchev–Trinajstić information content (AvgIpc) is 3.24. The van der Waals surface area contributed by atoms with Gasteiger partial charge in [-0.05, 0) is 23.8 Å². The van der Waals surface area contributed by atoms with Gasteiger partial charge in [-0.2, -0.15) is 5.10 Å². The Morgan fingerprint density at radius 2 is 1.94 bits per heavy atom. The van der Waals surface area contributed by atoms with Crippen LogP contribution in [-0.4, -0.2) is 22.8 Å². The predicted octanol–water partition coefficient (Wildman–Crippen LogP) is 5.50. The van der Waals surface area contributed by atoms with Crippen molar-refractivity contribution < 1.29 is 14.4 Å². The summed E-state index contributed by atoms with van der Waals surface area (Å²) in [5, 5.41) is 18.7. The number of methoxy groups -OCH3 is 1. The van der Waals surface area contributed by atoms with E-state index in [1.165, 1.54) is 12.1 Å². The van der Waals surface area contributed by atoms with Gasteiger partial charge >= 0.3 is 0 Å². The molecule has 0 bridgehead atoms. The number of non-ortho nitro benzene ring substituents is 1. The highest BCUT2D eigenvalue weighted by Gasteiger charge is 2.42. The fraction of sp³-hybridized carbons (Fsp3) is 0.174. The first-order valence-electron chi connectivity index (χ1n) is 9.75. The second-order valence-electron chi connectivity index (χ2n) is 7.35. The third-order valence-electron chi connectivity index (χ3n) is 5.54. The quantitative estimate of drug-likeness (QED) is 0.399. The highest BCUT2D eigenvalue weighted by atomic mass is 35.5. The van der Waals surface area contributed by atoms with Crippen LogP contribution in [0.5, 0.6) is 11.5 Å². The molecule has 0 spiro atoms. The molecule has 0 saturated heterocycles. The van der Waals surface area contributed by atoms with Crippen molar-refractivity contribution in [2.24, 2.45) is 5.10 Å². The number of ether oxygens (including phenoxy) is 2. The Morgan fingerprint density at radius 1 is 1.16 bits per heavy atom. The first kappa shape index (κ1) is 19.4. The maximum Gasteiger partial charge on any atom is 0.269 e. The minimum atomic E-state index is -0.626. The summed E-state index contributed by atoms with van der Waals surface area (Å²) in [4.78, 5) is 10.9. The molecule has 0 aromatic heterocycles. The molecule has 2 aliphatic heterocycles. The molecule has 3 aromatic rings. The van der Waals surface area contributed by atoms with Crippen LogP contribution < -0.4 is 9.47 Å². The van der Waals surface area contributed by atoms with E-state index in [1.807, 2.05) is 53.5 Å². The molecule has 0 amide bonds. The van der Waals surface area contributed by atoms with Crippen LogP contribution >= 0.6 is 11.6 Å². The van der Waals surface area contributed by atoms with Crippen molar-refractivity contribution in [1.29, 1.82) is 0 Å². The summed E-state index contributed by atoms with van der Waals surface area (Å²) in [6, 6.07) is 19.7. The zero-order chi connectivity index (χ0) is 21.5. The maximum absolute atomic E-state index is 11.3. The third-order valence-corrected chi connectivity index (χ3v) is 5.80. The molecule has 0 N–H and O–H groups in total. The number of para-hydroxylation sites is 1. The number of nitrogens with zero attached hydrogens (tertiary/aromatic N) is 3. The number of hydrogen-bond donors (Lipinski definition) is 0. The third kappa shape index (κ3) is 3.37. The second-order valence-corrected chi connectivity index (χ2v) is 7.79. The number of nitro benzene ring substituents is 1. The van der Waals surface area contributed by atoms with Gasteiger partial charge in [0.1, 0.15) is 0 Å². The predicted molar refractivity (Wildman–Crippen MR) is 117 cm³/mol. The molecule has 7 nitrogen and oxygen atoms in total. The van der Waals surface area contributed by atoms with Gasteiger partial charge in [0.15, 0.2) is 11.5 Å². The Bertz CT molecular complexity index is 1200. The van der Waals surface area contributed by atoms with Crippen LogP contribution in [0.15, 0.2) is 71.8 Å². The molecule has 5 rings (SSSR count). The molecule has 2 heterocycles. The number of rotatable bonds is 4. The maximum atomic E-state index is 11.3. The zero-order valence-electron chi connectivity index (χ0n) is 16.6. The number of benzene rings is 3. The summed E-state index contributed by atoms with van der Waals surface area (Å²) in [6.45, 7) is 0. The van der Waals surface area contributed by atoms with E-state index in [4.69, 9.17) is 26.2 Å². The standard InChI is InChI=1S/C23H18ClN3O4/c1-30-21-7-3-6-18-20-13-19(14-8-10-16(24)11-9-14)25-26(20)23(31-22(18)21)15-4-2-5-17(12-15)27(28)29/h2-12,20,23H,13H2,1H3. The molecule has 0 fully saturated rings. The molecule has 2 aliphatic rings. The minimum absolute atomic E-state index is 0.00424. The number of nitro groups is 1. The Morgan fingerprint density at radius 3 is 2.68 bits per heavy atom. The van der Waals surface area contributed by atoms with Gasteiger partial charge in [-0.3, -0.25) is 10.1 Å². The summed E-state index contributed by atoms with van der Waals surface area (Å²) in [5.74, 6) is 1.25. The summed E-state index contributed by atoms with van der Waals surface area (Å²) in [6.07, 6.45) is 0.0369. The fourth-order valence-electron chi connectivity index (χ4n) is 4.07. The van der Waals surface area contributed by atoms with Crippen molar-refractivity contribution in [1.82, 2.24) is 5.01 Å². The number of hydrogen-bond acceptors (Lipinski definition) is 6. The summed E-state index contributed by atoms with van der Waals surface area (Å²) in [5.41, 5.74) is 3.49. The lowest BCUT2D eigenvalue weighted by Crippen LogP contribution is -2.33. The largest absolute Gasteiger partial charge is 0.493 e. The normalized spacial score (nSPS) is 19.2. The fourth-order valence-corrected chi connectivity index (χ4v) is 4.20. The van der Waals surface area contributed by atoms with Crippen LogP contribution in [0.25, 0.3) is 0 Å². The van der Waals surface area contributed by atoms with Crippen molar-refractivity contribution in [3.8, 4) is 11.5 Å². The van der Waals surface area contributed by atoms with Gasteiger partial charge in [-0.15, -0.1) is 0 Å². The van der Waals surface area contributed by atoms with Crippen molar-refractivity contribution in [2.75, 3.05) is 7.11 Å². The van der Waals surface area contributed by atoms with Crippen LogP contribution in [0.3, 0.4) is 0 Å². The first-order chi connectivity index (χ1) is 15.0. The SMILES string of the molecule is COc1cccc2c1OC(c1cccc([N+](=O)[O-])c1)N1N=C(c3ccc(Cl)cc3)CC21. The summed E-state index contributed by atoms with van der Waals surface area (Å²) < 4.78 is 11.9. The highest BCUT2D eigenvalue weighted by Crippen LogP contribution is 2.50. The molecule has 8 heteroatoms. The monoisotopic (exact) mass is 435 g/mol. The van der Waals surface area contributed by atoms with E-state index in [1.54, 1.807) is 13.2 Å². The van der Waals surface area contributed by atoms with Gasteiger partial charge in [0, 0.05) is 34.7 Å². The Balaban J connectivity index is 1.62. The molecule has 31 heavy (non-hydrogen) atoms. The van der Waals surface area contributed by atoms with Crippen LogP contribution in [0, 0.1) is 10.1 Å². The van der Waals surface area contributed by atoms with Gasteiger partial charge in [-0.25, -0.2) is 5.01 Å². The summed E-state index contributed by atoms with van der Waals surface area (Å²) in [7, 11) is 1.60. The molecule has 2 atom stereocenters. The van der Waals surface area contributed by atoms with E-state index in [9.17, 15) is 10.1 Å². The van der Waals surface area contributed by atoms with E-state index in [0.29, 0.717) is 28.5 Å². The minimum Gasteiger partial charge on any atom is -0.493 e. The molecule has 0 radical (unpaired) electrons. The van der Waals surface area contributed by atoms with Crippen LogP contribution in [-0.2, 0) is 0 Å². The molecular weight excluding hydrogens is 418 g/mol.